The van der Waals surface area contributed by atoms with Gasteiger partial charge in [0.05, 0.1) is 5.56 Å². The van der Waals surface area contributed by atoms with Gasteiger partial charge >= 0.3 is 0 Å². The molecule has 0 radical (unpaired) electrons. The number of benzene rings is 2. The number of primary amides is 1. The number of amides is 2. The third-order valence-corrected chi connectivity index (χ3v) is 3.14. The van der Waals surface area contributed by atoms with E-state index in [1.807, 2.05) is 0 Å². The zero-order valence-corrected chi connectivity index (χ0v) is 12.4. The maximum atomic E-state index is 13.5. The molecule has 0 bridgehead atoms. The monoisotopic (exact) mass is 316 g/mol. The molecule has 2 amide bonds. The Morgan fingerprint density at radius 2 is 1.78 bits per heavy atom. The van der Waals surface area contributed by atoms with Crippen molar-refractivity contribution in [3.8, 4) is 5.75 Å². The van der Waals surface area contributed by atoms with Crippen LogP contribution in [0.4, 0.5) is 4.39 Å². The Bertz CT molecular complexity index is 704. The van der Waals surface area contributed by atoms with Gasteiger partial charge in [-0.1, -0.05) is 30.3 Å². The second kappa shape index (κ2) is 7.93. The highest BCUT2D eigenvalue weighted by Gasteiger charge is 2.12. The minimum absolute atomic E-state index is 0.273. The summed E-state index contributed by atoms with van der Waals surface area (Å²) in [5.74, 6) is -1.01. The van der Waals surface area contributed by atoms with E-state index in [4.69, 9.17) is 10.5 Å². The van der Waals surface area contributed by atoms with Gasteiger partial charge in [0.2, 0.25) is 0 Å². The normalized spacial score (nSPS) is 10.1. The zero-order chi connectivity index (χ0) is 16.7. The van der Waals surface area contributed by atoms with Crippen LogP contribution in [0.5, 0.6) is 5.75 Å². The summed E-state index contributed by atoms with van der Waals surface area (Å²) in [6.07, 6.45) is 0.378. The largest absolute Gasteiger partial charge is 0.483 e. The molecule has 0 spiro atoms. The van der Waals surface area contributed by atoms with Crippen LogP contribution in [-0.2, 0) is 11.2 Å². The maximum Gasteiger partial charge on any atom is 0.255 e. The Hall–Kier alpha value is -2.89. The third kappa shape index (κ3) is 4.81. The second-order valence-electron chi connectivity index (χ2n) is 4.85. The average Bonchev–Trinajstić information content (AvgIpc) is 2.55. The summed E-state index contributed by atoms with van der Waals surface area (Å²) >= 11 is 0. The van der Waals surface area contributed by atoms with Gasteiger partial charge in [0.15, 0.2) is 6.61 Å². The van der Waals surface area contributed by atoms with E-state index < -0.39 is 5.91 Å². The van der Waals surface area contributed by atoms with E-state index in [1.165, 1.54) is 6.07 Å². The van der Waals surface area contributed by atoms with Crippen molar-refractivity contribution in [3.05, 3.63) is 65.5 Å². The van der Waals surface area contributed by atoms with Crippen LogP contribution >= 0.6 is 0 Å². The number of nitrogens with one attached hydrogen (secondary N) is 1. The van der Waals surface area contributed by atoms with Crippen molar-refractivity contribution in [2.45, 2.75) is 6.42 Å². The molecule has 2 aromatic rings. The van der Waals surface area contributed by atoms with Crippen LogP contribution in [0.3, 0.4) is 0 Å². The van der Waals surface area contributed by atoms with E-state index in [9.17, 15) is 14.0 Å². The molecule has 0 aliphatic heterocycles. The topological polar surface area (TPSA) is 81.4 Å². The lowest BCUT2D eigenvalue weighted by atomic mass is 10.1. The molecule has 0 aliphatic rings. The van der Waals surface area contributed by atoms with Crippen molar-refractivity contribution in [2.75, 3.05) is 13.2 Å². The Balaban J connectivity index is 1.95. The predicted molar refractivity (Wildman–Crippen MR) is 83.6 cm³/mol. The standard InChI is InChI=1S/C17H17FN2O3/c18-14-7-3-1-5-12(14)9-10-20-17(22)13-6-2-4-8-15(13)23-11-16(19)21/h1-8H,9-11H2,(H2,19,21)(H,20,22). The van der Waals surface area contributed by atoms with Crippen LogP contribution in [0, 0.1) is 5.82 Å². The Morgan fingerprint density at radius 3 is 2.52 bits per heavy atom. The highest BCUT2D eigenvalue weighted by atomic mass is 19.1. The lowest BCUT2D eigenvalue weighted by Gasteiger charge is -2.11. The molecule has 23 heavy (non-hydrogen) atoms. The Labute approximate surface area is 133 Å². The van der Waals surface area contributed by atoms with Gasteiger partial charge in [-0.2, -0.15) is 0 Å². The summed E-state index contributed by atoms with van der Waals surface area (Å²) in [5.41, 5.74) is 5.85. The number of ether oxygens (including phenoxy) is 1. The van der Waals surface area contributed by atoms with E-state index in [-0.39, 0.29) is 30.6 Å². The summed E-state index contributed by atoms with van der Waals surface area (Å²) in [5, 5.41) is 2.70. The molecule has 0 heterocycles. The van der Waals surface area contributed by atoms with Gasteiger partial charge in [0.1, 0.15) is 11.6 Å². The van der Waals surface area contributed by atoms with Crippen LogP contribution in [0.25, 0.3) is 0 Å². The number of nitrogens with two attached hydrogens (primary N) is 1. The van der Waals surface area contributed by atoms with E-state index in [0.29, 0.717) is 17.5 Å². The lowest BCUT2D eigenvalue weighted by molar-refractivity contribution is -0.119. The summed E-state index contributed by atoms with van der Waals surface area (Å²) < 4.78 is 18.7. The van der Waals surface area contributed by atoms with Gasteiger partial charge in [0, 0.05) is 6.54 Å². The molecule has 0 aliphatic carbocycles. The number of hydrogen-bond acceptors (Lipinski definition) is 3. The van der Waals surface area contributed by atoms with Crippen LogP contribution in [-0.4, -0.2) is 25.0 Å². The molecule has 5 nitrogen and oxygen atoms in total. The molecular weight excluding hydrogens is 299 g/mol. The van der Waals surface area contributed by atoms with E-state index in [2.05, 4.69) is 5.32 Å². The molecule has 0 saturated carbocycles. The van der Waals surface area contributed by atoms with Gasteiger partial charge < -0.3 is 15.8 Å². The molecule has 0 unspecified atom stereocenters. The average molecular weight is 316 g/mol. The molecular formula is C17H17FN2O3. The van der Waals surface area contributed by atoms with Crippen molar-refractivity contribution in [2.24, 2.45) is 5.73 Å². The van der Waals surface area contributed by atoms with Crippen LogP contribution in [0.2, 0.25) is 0 Å². The number of rotatable bonds is 7. The summed E-state index contributed by atoms with van der Waals surface area (Å²) in [4.78, 5) is 23.0. The first-order valence-corrected chi connectivity index (χ1v) is 7.09. The lowest BCUT2D eigenvalue weighted by Crippen LogP contribution is -2.27. The van der Waals surface area contributed by atoms with Gasteiger partial charge in [0.25, 0.3) is 11.8 Å². The van der Waals surface area contributed by atoms with Crippen LogP contribution in [0.15, 0.2) is 48.5 Å². The first kappa shape index (κ1) is 16.5. The van der Waals surface area contributed by atoms with E-state index in [0.717, 1.165) is 0 Å². The second-order valence-corrected chi connectivity index (χ2v) is 4.85. The highest BCUT2D eigenvalue weighted by molar-refractivity contribution is 5.97. The first-order valence-electron chi connectivity index (χ1n) is 7.09. The van der Waals surface area contributed by atoms with Crippen molar-refractivity contribution in [3.63, 3.8) is 0 Å². The molecule has 120 valence electrons. The fourth-order valence-electron chi connectivity index (χ4n) is 2.04. The van der Waals surface area contributed by atoms with Crippen LogP contribution in [0.1, 0.15) is 15.9 Å². The minimum atomic E-state index is -0.625. The SMILES string of the molecule is NC(=O)COc1ccccc1C(=O)NCCc1ccccc1F. The molecule has 0 saturated heterocycles. The number of hydrogen-bond donors (Lipinski definition) is 2. The van der Waals surface area contributed by atoms with Gasteiger partial charge in [-0.25, -0.2) is 4.39 Å². The predicted octanol–water partition coefficient (Wildman–Crippen LogP) is 1.66. The number of carbonyl (C=O) groups excluding carboxylic acids is 2. The first-order chi connectivity index (χ1) is 11.1. The van der Waals surface area contributed by atoms with Gasteiger partial charge in [-0.15, -0.1) is 0 Å². The molecule has 2 rings (SSSR count). The van der Waals surface area contributed by atoms with Crippen molar-refractivity contribution in [1.29, 1.82) is 0 Å². The summed E-state index contributed by atoms with van der Waals surface area (Å²) in [6, 6.07) is 12.9. The third-order valence-electron chi connectivity index (χ3n) is 3.14. The summed E-state index contributed by atoms with van der Waals surface area (Å²) in [7, 11) is 0. The van der Waals surface area contributed by atoms with Crippen molar-refractivity contribution >= 4 is 11.8 Å². The quantitative estimate of drug-likeness (QED) is 0.815. The Kier molecular flexibility index (Phi) is 5.68. The number of carbonyl (C=O) groups is 2. The molecule has 0 aromatic heterocycles. The van der Waals surface area contributed by atoms with Crippen LogP contribution < -0.4 is 15.8 Å². The molecule has 0 fully saturated rings. The summed E-state index contributed by atoms with van der Waals surface area (Å²) in [6.45, 7) is -0.0244. The molecule has 2 aromatic carbocycles. The Morgan fingerprint density at radius 1 is 1.09 bits per heavy atom. The smallest absolute Gasteiger partial charge is 0.255 e. The fourth-order valence-corrected chi connectivity index (χ4v) is 2.04. The van der Waals surface area contributed by atoms with Crippen molar-refractivity contribution < 1.29 is 18.7 Å². The van der Waals surface area contributed by atoms with Gasteiger partial charge in [-0.05, 0) is 30.2 Å². The molecule has 3 N–H and O–H groups in total. The number of halogens is 1. The zero-order valence-electron chi connectivity index (χ0n) is 12.4. The van der Waals surface area contributed by atoms with E-state index in [1.54, 1.807) is 42.5 Å². The van der Waals surface area contributed by atoms with E-state index >= 15 is 0 Å². The molecule has 0 atom stereocenters. The van der Waals surface area contributed by atoms with Gasteiger partial charge in [-0.3, -0.25) is 9.59 Å². The minimum Gasteiger partial charge on any atom is -0.483 e. The maximum absolute atomic E-state index is 13.5. The number of para-hydroxylation sites is 1. The van der Waals surface area contributed by atoms with Crippen molar-refractivity contribution in [1.82, 2.24) is 5.32 Å². The highest BCUT2D eigenvalue weighted by Crippen LogP contribution is 2.17. The molecule has 6 heteroatoms. The fraction of sp³-hybridized carbons (Fsp3) is 0.176.